The van der Waals surface area contributed by atoms with Crippen LogP contribution in [0.25, 0.3) is 16.7 Å². The van der Waals surface area contributed by atoms with Crippen molar-refractivity contribution in [2.45, 2.75) is 13.8 Å². The first-order valence-electron chi connectivity index (χ1n) is 16.3. The monoisotopic (exact) mass is 679 g/mol. The predicted molar refractivity (Wildman–Crippen MR) is 195 cm³/mol. The Morgan fingerprint density at radius 1 is 0.647 bits per heavy atom. The van der Waals surface area contributed by atoms with E-state index >= 15 is 0 Å². The summed E-state index contributed by atoms with van der Waals surface area (Å²) in [5.41, 5.74) is 2.54. The Hall–Kier alpha value is -6.88. The second-order valence-corrected chi connectivity index (χ2v) is 11.1. The fraction of sp³-hybridized carbons (Fsp3) is 0.100. The molecule has 11 nitrogen and oxygen atoms in total. The Morgan fingerprint density at radius 2 is 1.14 bits per heavy atom. The van der Waals surface area contributed by atoms with Crippen molar-refractivity contribution in [3.63, 3.8) is 0 Å². The minimum absolute atomic E-state index is 0.00196. The third-order valence-corrected chi connectivity index (χ3v) is 7.75. The number of H-pyrrole nitrogens is 1. The summed E-state index contributed by atoms with van der Waals surface area (Å²) in [6, 6.07) is 35.0. The number of aromatic nitrogens is 1. The second kappa shape index (κ2) is 15.6. The van der Waals surface area contributed by atoms with Gasteiger partial charge in [0.15, 0.2) is 11.7 Å². The van der Waals surface area contributed by atoms with Crippen molar-refractivity contribution in [2.75, 3.05) is 18.5 Å². The fourth-order valence-corrected chi connectivity index (χ4v) is 5.51. The van der Waals surface area contributed by atoms with Gasteiger partial charge in [-0.1, -0.05) is 97.1 Å². The highest BCUT2D eigenvalue weighted by Crippen LogP contribution is 2.41. The lowest BCUT2D eigenvalue weighted by Crippen LogP contribution is -2.33. The molecule has 0 spiro atoms. The molecule has 254 valence electrons. The zero-order chi connectivity index (χ0) is 35.7. The molecule has 1 aliphatic heterocycles. The SMILES string of the molecule is CCOC(=O)C1=C(c2ccccc2)C(=Nc2[nH]c(NC(=O)c3ccccc3)c(C(=O)OCC)c2-c2ccccc2)N=C1NC(=O)c1ccccc1. The Morgan fingerprint density at radius 3 is 1.69 bits per heavy atom. The highest BCUT2D eigenvalue weighted by atomic mass is 16.5. The van der Waals surface area contributed by atoms with Gasteiger partial charge in [-0.25, -0.2) is 19.6 Å². The molecule has 0 fully saturated rings. The molecule has 6 rings (SSSR count). The number of anilines is 1. The first-order chi connectivity index (χ1) is 24.9. The molecule has 0 saturated carbocycles. The van der Waals surface area contributed by atoms with Crippen molar-refractivity contribution < 1.29 is 28.7 Å². The van der Waals surface area contributed by atoms with Gasteiger partial charge < -0.3 is 25.1 Å². The molecule has 0 saturated heterocycles. The Bertz CT molecular complexity index is 2170. The number of amidine groups is 2. The molecule has 11 heteroatoms. The molecule has 0 bridgehead atoms. The van der Waals surface area contributed by atoms with Crippen LogP contribution >= 0.6 is 0 Å². The van der Waals surface area contributed by atoms with Crippen molar-refractivity contribution in [2.24, 2.45) is 9.98 Å². The van der Waals surface area contributed by atoms with Gasteiger partial charge in [0.05, 0.1) is 13.2 Å². The summed E-state index contributed by atoms with van der Waals surface area (Å²) < 4.78 is 10.9. The van der Waals surface area contributed by atoms with Gasteiger partial charge in [-0.2, -0.15) is 0 Å². The van der Waals surface area contributed by atoms with Gasteiger partial charge in [-0.05, 0) is 49.2 Å². The van der Waals surface area contributed by atoms with Gasteiger partial charge >= 0.3 is 11.9 Å². The summed E-state index contributed by atoms with van der Waals surface area (Å²) in [5, 5.41) is 5.59. The minimum atomic E-state index is -0.716. The molecule has 5 aromatic rings. The normalized spacial score (nSPS) is 13.1. The molecule has 51 heavy (non-hydrogen) atoms. The molecule has 0 unspecified atom stereocenters. The number of ether oxygens (including phenoxy) is 2. The topological polar surface area (TPSA) is 151 Å². The average Bonchev–Trinajstić information content (AvgIpc) is 3.70. The molecular weight excluding hydrogens is 646 g/mol. The van der Waals surface area contributed by atoms with Crippen LogP contribution in [0, 0.1) is 0 Å². The van der Waals surface area contributed by atoms with Crippen LogP contribution in [0.2, 0.25) is 0 Å². The lowest BCUT2D eigenvalue weighted by Gasteiger charge is -2.11. The molecule has 0 aliphatic carbocycles. The van der Waals surface area contributed by atoms with Crippen LogP contribution < -0.4 is 10.6 Å². The van der Waals surface area contributed by atoms with Crippen LogP contribution in [0.4, 0.5) is 11.6 Å². The van der Waals surface area contributed by atoms with Crippen LogP contribution in [-0.2, 0) is 14.3 Å². The maximum atomic E-state index is 13.6. The third-order valence-electron chi connectivity index (χ3n) is 7.75. The predicted octanol–water partition coefficient (Wildman–Crippen LogP) is 7.00. The van der Waals surface area contributed by atoms with Crippen LogP contribution in [0.5, 0.6) is 0 Å². The van der Waals surface area contributed by atoms with E-state index in [1.54, 1.807) is 123 Å². The lowest BCUT2D eigenvalue weighted by atomic mass is 9.99. The van der Waals surface area contributed by atoms with Gasteiger partial charge in [0, 0.05) is 22.3 Å². The van der Waals surface area contributed by atoms with Crippen LogP contribution in [0.3, 0.4) is 0 Å². The fourth-order valence-electron chi connectivity index (χ4n) is 5.51. The molecule has 0 atom stereocenters. The van der Waals surface area contributed by atoms with Gasteiger partial charge in [0.2, 0.25) is 0 Å². The maximum absolute atomic E-state index is 13.6. The highest BCUT2D eigenvalue weighted by Gasteiger charge is 2.35. The number of aromatic amines is 1. The Labute approximate surface area is 293 Å². The van der Waals surface area contributed by atoms with Gasteiger partial charge in [0.25, 0.3) is 11.8 Å². The number of hydrogen-bond donors (Lipinski definition) is 3. The lowest BCUT2D eigenvalue weighted by molar-refractivity contribution is -0.137. The van der Waals surface area contributed by atoms with Crippen molar-refractivity contribution in [1.82, 2.24) is 10.3 Å². The third kappa shape index (κ3) is 7.42. The number of nitrogens with one attached hydrogen (secondary N) is 3. The number of nitrogens with zero attached hydrogens (tertiary/aromatic N) is 2. The van der Waals surface area contributed by atoms with Crippen molar-refractivity contribution >= 4 is 52.6 Å². The van der Waals surface area contributed by atoms with Crippen molar-refractivity contribution in [1.29, 1.82) is 0 Å². The molecule has 1 aliphatic rings. The van der Waals surface area contributed by atoms with Crippen LogP contribution in [0.15, 0.2) is 137 Å². The maximum Gasteiger partial charge on any atom is 0.342 e. The summed E-state index contributed by atoms with van der Waals surface area (Å²) in [6.07, 6.45) is 0. The number of rotatable bonds is 10. The van der Waals surface area contributed by atoms with Gasteiger partial charge in [0.1, 0.15) is 22.8 Å². The Kier molecular flexibility index (Phi) is 10.4. The Balaban J connectivity index is 1.59. The number of carbonyl (C=O) groups excluding carboxylic acids is 4. The van der Waals surface area contributed by atoms with E-state index in [1.165, 1.54) is 0 Å². The summed E-state index contributed by atoms with van der Waals surface area (Å²) in [4.78, 5) is 66.8. The summed E-state index contributed by atoms with van der Waals surface area (Å²) in [7, 11) is 0. The standard InChI is InChI=1S/C40H33N5O6/c1-3-50-39(48)31-29(25-17-9-5-10-18-25)33(42-35(31)44-37(46)27-21-13-7-14-22-27)41-34-30(26-19-11-6-12-20-26)32(40(49)51-4-2)36(43-34)45-38(47)28-23-15-8-16-24-28/h5-24,42H,3-4H2,1-2H3,(H,44,46)(H,41,43,45,47). The number of esters is 2. The molecular formula is C40H33N5O6. The van der Waals surface area contributed by atoms with E-state index in [0.717, 1.165) is 0 Å². The minimum Gasteiger partial charge on any atom is -0.462 e. The molecule has 2 heterocycles. The zero-order valence-electron chi connectivity index (χ0n) is 27.8. The summed E-state index contributed by atoms with van der Waals surface area (Å²) >= 11 is 0. The largest absolute Gasteiger partial charge is 0.462 e. The van der Waals surface area contributed by atoms with Crippen LogP contribution in [-0.4, -0.2) is 53.6 Å². The van der Waals surface area contributed by atoms with Gasteiger partial charge in [-0.15, -0.1) is 0 Å². The van der Waals surface area contributed by atoms with E-state index in [9.17, 15) is 19.2 Å². The van der Waals surface area contributed by atoms with E-state index in [1.807, 2.05) is 12.1 Å². The zero-order valence-corrected chi connectivity index (χ0v) is 27.8. The van der Waals surface area contributed by atoms with Crippen molar-refractivity contribution in [3.8, 4) is 11.1 Å². The number of aliphatic imine (C=N–C) groups is 2. The van der Waals surface area contributed by atoms with E-state index in [0.29, 0.717) is 33.4 Å². The van der Waals surface area contributed by atoms with E-state index in [2.05, 4.69) is 15.6 Å². The van der Waals surface area contributed by atoms with Crippen molar-refractivity contribution in [3.05, 3.63) is 149 Å². The summed E-state index contributed by atoms with van der Waals surface area (Å²) in [6.45, 7) is 3.51. The molecule has 3 N–H and O–H groups in total. The molecule has 2 amide bonds. The second-order valence-electron chi connectivity index (χ2n) is 11.1. The summed E-state index contributed by atoms with van der Waals surface area (Å²) in [5.74, 6) is -2.20. The smallest absolute Gasteiger partial charge is 0.342 e. The van der Waals surface area contributed by atoms with E-state index < -0.39 is 23.8 Å². The number of carbonyl (C=O) groups is 4. The highest BCUT2D eigenvalue weighted by molar-refractivity contribution is 6.45. The quantitative estimate of drug-likeness (QED) is 0.135. The number of benzene rings is 4. The number of hydrogen-bond acceptors (Lipinski definition) is 7. The molecule has 0 radical (unpaired) electrons. The number of amides is 2. The average molecular weight is 680 g/mol. The first-order valence-corrected chi connectivity index (χ1v) is 16.3. The molecule has 4 aromatic carbocycles. The van der Waals surface area contributed by atoms with E-state index in [-0.39, 0.29) is 47.7 Å². The van der Waals surface area contributed by atoms with E-state index in [4.69, 9.17) is 19.5 Å². The first kappa shape index (κ1) is 34.0. The molecule has 1 aromatic heterocycles. The van der Waals surface area contributed by atoms with Gasteiger partial charge in [-0.3, -0.25) is 9.59 Å². The van der Waals surface area contributed by atoms with Crippen LogP contribution in [0.1, 0.15) is 50.5 Å².